The molecule has 0 fully saturated rings. The van der Waals surface area contributed by atoms with Gasteiger partial charge < -0.3 is 4.57 Å². The fraction of sp³-hybridized carbons (Fsp3) is 0. The first kappa shape index (κ1) is 36.4. The molecular weight excluding hydrogens is 756 g/mol. The van der Waals surface area contributed by atoms with E-state index in [0.29, 0.717) is 0 Å². The van der Waals surface area contributed by atoms with Crippen LogP contribution in [0.5, 0.6) is 0 Å². The highest BCUT2D eigenvalue weighted by Crippen LogP contribution is 2.40. The van der Waals surface area contributed by atoms with E-state index in [0.717, 1.165) is 0 Å². The second-order valence-corrected chi connectivity index (χ2v) is 20.9. The Morgan fingerprint density at radius 2 is 0.466 bits per heavy atom. The van der Waals surface area contributed by atoms with Crippen LogP contribution in [-0.2, 0) is 0 Å². The number of hydrogen-bond acceptors (Lipinski definition) is 0. The Bertz CT molecular complexity index is 2660. The van der Waals surface area contributed by atoms with E-state index in [1.807, 2.05) is 0 Å². The molecule has 0 spiro atoms. The number of fused-ring (bicyclic) bond motifs is 3. The molecule has 0 N–H and O–H groups in total. The Hall–Kier alpha value is -5.93. The summed E-state index contributed by atoms with van der Waals surface area (Å²) < 4.78 is 2.48. The van der Waals surface area contributed by atoms with Crippen LogP contribution in [0, 0.1) is 0 Å². The lowest BCUT2D eigenvalue weighted by Crippen LogP contribution is -2.20. The highest BCUT2D eigenvalue weighted by atomic mass is 31.1. The van der Waals surface area contributed by atoms with Crippen LogP contribution in [0.15, 0.2) is 243 Å². The summed E-state index contributed by atoms with van der Waals surface area (Å²) in [6.07, 6.45) is 0. The molecule has 0 amide bonds. The summed E-state index contributed by atoms with van der Waals surface area (Å²) in [5.41, 5.74) is 3.61. The molecule has 58 heavy (non-hydrogen) atoms. The van der Waals surface area contributed by atoms with E-state index in [2.05, 4.69) is 247 Å². The summed E-state index contributed by atoms with van der Waals surface area (Å²) in [5.74, 6) is 0. The van der Waals surface area contributed by atoms with Crippen molar-refractivity contribution in [2.45, 2.75) is 0 Å². The first-order valence-corrected chi connectivity index (χ1v) is 23.7. The molecule has 276 valence electrons. The van der Waals surface area contributed by atoms with Crippen LogP contribution in [0.3, 0.4) is 0 Å². The van der Waals surface area contributed by atoms with Crippen molar-refractivity contribution in [2.24, 2.45) is 0 Å². The molecule has 0 aliphatic heterocycles. The van der Waals surface area contributed by atoms with Gasteiger partial charge in [-0.3, -0.25) is 0 Å². The summed E-state index contributed by atoms with van der Waals surface area (Å²) >= 11 is 0. The van der Waals surface area contributed by atoms with Crippen LogP contribution in [0.1, 0.15) is 0 Å². The molecule has 1 heterocycles. The van der Waals surface area contributed by atoms with E-state index < -0.39 is 23.8 Å². The van der Waals surface area contributed by atoms with Gasteiger partial charge >= 0.3 is 0 Å². The SMILES string of the molecule is c1ccc(P(c2ccccc2)c2ccc(-n3c4ccc(P(c5ccccc5)c5ccccc5)cc4c4cc(P(c5ccccc5)c5ccccc5)ccc43)cc2)cc1. The highest BCUT2D eigenvalue weighted by Gasteiger charge is 2.23. The molecule has 0 saturated heterocycles. The van der Waals surface area contributed by atoms with Gasteiger partial charge in [0, 0.05) is 16.5 Å². The molecule has 4 heteroatoms. The lowest BCUT2D eigenvalue weighted by molar-refractivity contribution is 1.18. The van der Waals surface area contributed by atoms with E-state index in [9.17, 15) is 0 Å². The number of rotatable bonds is 10. The maximum absolute atomic E-state index is 2.50. The topological polar surface area (TPSA) is 4.93 Å². The zero-order valence-electron chi connectivity index (χ0n) is 31.9. The van der Waals surface area contributed by atoms with Gasteiger partial charge in [0.05, 0.1) is 11.0 Å². The zero-order chi connectivity index (χ0) is 38.7. The first-order chi connectivity index (χ1) is 28.8. The summed E-state index contributed by atoms with van der Waals surface area (Å²) in [7, 11) is -2.24. The molecule has 0 saturated carbocycles. The van der Waals surface area contributed by atoms with Crippen molar-refractivity contribution in [1.29, 1.82) is 0 Å². The fourth-order valence-corrected chi connectivity index (χ4v) is 15.0. The first-order valence-electron chi connectivity index (χ1n) is 19.7. The lowest BCUT2D eigenvalue weighted by Gasteiger charge is -2.20. The number of aromatic nitrogens is 1. The number of nitrogens with zero attached hydrogens (tertiary/aromatic N) is 1. The van der Waals surface area contributed by atoms with Crippen molar-refractivity contribution < 1.29 is 0 Å². The van der Waals surface area contributed by atoms with Gasteiger partial charge in [-0.05, 0) is 108 Å². The molecule has 1 aromatic heterocycles. The minimum absolute atomic E-state index is 0.702. The zero-order valence-corrected chi connectivity index (χ0v) is 34.6. The summed E-state index contributed by atoms with van der Waals surface area (Å²) in [5, 5.41) is 14.7. The molecule has 9 aromatic carbocycles. The Morgan fingerprint density at radius 1 is 0.224 bits per heavy atom. The van der Waals surface area contributed by atoms with Crippen molar-refractivity contribution in [3.05, 3.63) is 243 Å². The molecule has 0 atom stereocenters. The molecular formula is C54H40NP3. The van der Waals surface area contributed by atoms with Crippen molar-refractivity contribution in [3.8, 4) is 5.69 Å². The molecule has 1 nitrogen and oxygen atoms in total. The average molecular weight is 796 g/mol. The van der Waals surface area contributed by atoms with Crippen LogP contribution in [0.25, 0.3) is 27.5 Å². The van der Waals surface area contributed by atoms with Gasteiger partial charge in [0.25, 0.3) is 0 Å². The quantitative estimate of drug-likeness (QED) is 0.122. The van der Waals surface area contributed by atoms with Gasteiger partial charge in [-0.15, -0.1) is 0 Å². The molecule has 0 aliphatic carbocycles. The monoisotopic (exact) mass is 795 g/mol. The van der Waals surface area contributed by atoms with Crippen LogP contribution in [0.2, 0.25) is 0 Å². The van der Waals surface area contributed by atoms with Crippen LogP contribution >= 0.6 is 23.8 Å². The van der Waals surface area contributed by atoms with Crippen LogP contribution in [-0.4, -0.2) is 4.57 Å². The van der Waals surface area contributed by atoms with E-state index in [-0.39, 0.29) is 0 Å². The van der Waals surface area contributed by atoms with Crippen molar-refractivity contribution in [2.75, 3.05) is 0 Å². The molecule has 0 aliphatic rings. The average Bonchev–Trinajstić information content (AvgIpc) is 3.62. The van der Waals surface area contributed by atoms with E-state index in [1.165, 1.54) is 75.2 Å². The van der Waals surface area contributed by atoms with E-state index >= 15 is 0 Å². The molecule has 10 aromatic rings. The van der Waals surface area contributed by atoms with Gasteiger partial charge in [-0.1, -0.05) is 206 Å². The van der Waals surface area contributed by atoms with Gasteiger partial charge in [-0.25, -0.2) is 0 Å². The summed E-state index contributed by atoms with van der Waals surface area (Å²) in [6.45, 7) is 0. The molecule has 0 radical (unpaired) electrons. The van der Waals surface area contributed by atoms with Crippen LogP contribution < -0.4 is 47.7 Å². The molecule has 0 bridgehead atoms. The second-order valence-electron chi connectivity index (χ2n) is 14.3. The normalized spacial score (nSPS) is 11.6. The smallest absolute Gasteiger partial charge is 0.0541 e. The standard InChI is InChI=1S/C54H40NP3/c1-7-19-42(20-8-1)56(43-21-9-2-10-22-43)48-33-31-41(32-34-48)55-53-37-35-49(57(44-23-11-3-12-24-44)45-25-13-4-14-26-45)39-51(53)52-40-50(36-38-54(52)55)58(46-27-15-5-16-28-46)47-29-17-6-18-30-47/h1-40H. The summed E-state index contributed by atoms with van der Waals surface area (Å²) in [4.78, 5) is 0. The second kappa shape index (κ2) is 16.5. The molecule has 0 unspecified atom stereocenters. The van der Waals surface area contributed by atoms with E-state index in [4.69, 9.17) is 0 Å². The third-order valence-corrected chi connectivity index (χ3v) is 18.0. The fourth-order valence-electron chi connectivity index (χ4n) is 8.11. The van der Waals surface area contributed by atoms with Crippen molar-refractivity contribution >= 4 is 93.3 Å². The van der Waals surface area contributed by atoms with Crippen LogP contribution in [0.4, 0.5) is 0 Å². The third kappa shape index (κ3) is 7.13. The van der Waals surface area contributed by atoms with E-state index in [1.54, 1.807) is 0 Å². The minimum Gasteiger partial charge on any atom is -0.309 e. The number of benzene rings is 9. The largest absolute Gasteiger partial charge is 0.309 e. The van der Waals surface area contributed by atoms with Gasteiger partial charge in [0.15, 0.2) is 0 Å². The maximum Gasteiger partial charge on any atom is 0.0541 e. The highest BCUT2D eigenvalue weighted by molar-refractivity contribution is 7.80. The molecule has 10 rings (SSSR count). The van der Waals surface area contributed by atoms with Gasteiger partial charge in [-0.2, -0.15) is 0 Å². The Balaban J connectivity index is 1.17. The Labute approximate surface area is 344 Å². The Kier molecular flexibility index (Phi) is 10.4. The lowest BCUT2D eigenvalue weighted by atomic mass is 10.1. The minimum atomic E-state index is -0.771. The maximum atomic E-state index is 2.50. The van der Waals surface area contributed by atoms with Crippen molar-refractivity contribution in [3.63, 3.8) is 0 Å². The van der Waals surface area contributed by atoms with Crippen molar-refractivity contribution in [1.82, 2.24) is 4.57 Å². The number of hydrogen-bond donors (Lipinski definition) is 0. The third-order valence-electron chi connectivity index (χ3n) is 10.7. The van der Waals surface area contributed by atoms with Gasteiger partial charge in [0.1, 0.15) is 0 Å². The predicted octanol–water partition coefficient (Wildman–Crippen LogP) is 10.1. The predicted molar refractivity (Wildman–Crippen MR) is 257 cm³/mol. The Morgan fingerprint density at radius 3 is 0.759 bits per heavy atom. The van der Waals surface area contributed by atoms with Gasteiger partial charge in [0.2, 0.25) is 0 Å². The summed E-state index contributed by atoms with van der Waals surface area (Å²) in [6, 6.07) is 90.0.